The third kappa shape index (κ3) is 2.88. The second kappa shape index (κ2) is 4.18. The highest BCUT2D eigenvalue weighted by Gasteiger charge is 2.49. The number of aliphatic hydroxyl groups excluding tert-OH is 1. The Labute approximate surface area is 101 Å². The summed E-state index contributed by atoms with van der Waals surface area (Å²) in [6.45, 7) is 6.81. The Morgan fingerprint density at radius 3 is 2.41 bits per heavy atom. The standard InChI is InChI=1S/C11H20N2O4/c1-10(2,3)17-9(16)13-6-7(14)5-11(13,4)8(12)15/h7,14H,5-6H2,1-4H3,(H2,12,15)/t7-,11-/m0/s1. The van der Waals surface area contributed by atoms with Crippen LogP contribution >= 0.6 is 0 Å². The van der Waals surface area contributed by atoms with Crippen molar-refractivity contribution in [1.82, 2.24) is 4.90 Å². The van der Waals surface area contributed by atoms with E-state index in [2.05, 4.69) is 0 Å². The van der Waals surface area contributed by atoms with Gasteiger partial charge in [0.25, 0.3) is 0 Å². The molecule has 0 aromatic rings. The van der Waals surface area contributed by atoms with E-state index in [1.807, 2.05) is 0 Å². The van der Waals surface area contributed by atoms with Crippen LogP contribution in [0.25, 0.3) is 0 Å². The molecule has 3 N–H and O–H groups in total. The van der Waals surface area contributed by atoms with E-state index in [9.17, 15) is 14.7 Å². The summed E-state index contributed by atoms with van der Waals surface area (Å²) in [5.74, 6) is -0.639. The third-order valence-corrected chi connectivity index (χ3v) is 2.77. The van der Waals surface area contributed by atoms with E-state index in [1.54, 1.807) is 20.8 Å². The zero-order chi connectivity index (χ0) is 13.4. The highest BCUT2D eigenvalue weighted by molar-refractivity contribution is 5.89. The average Bonchev–Trinajstić information content (AvgIpc) is 2.40. The van der Waals surface area contributed by atoms with Gasteiger partial charge in [-0.05, 0) is 27.7 Å². The van der Waals surface area contributed by atoms with E-state index < -0.39 is 29.2 Å². The molecule has 0 spiro atoms. The first-order valence-corrected chi connectivity index (χ1v) is 5.55. The van der Waals surface area contributed by atoms with Crippen LogP contribution < -0.4 is 5.73 Å². The van der Waals surface area contributed by atoms with Crippen molar-refractivity contribution in [3.05, 3.63) is 0 Å². The summed E-state index contributed by atoms with van der Waals surface area (Å²) in [5.41, 5.74) is 3.46. The van der Waals surface area contributed by atoms with Gasteiger partial charge in [-0.25, -0.2) is 4.79 Å². The largest absolute Gasteiger partial charge is 0.444 e. The second-order valence-electron chi connectivity index (χ2n) is 5.59. The number of nitrogens with two attached hydrogens (primary N) is 1. The molecular formula is C11H20N2O4. The topological polar surface area (TPSA) is 92.9 Å². The van der Waals surface area contributed by atoms with Crippen molar-refractivity contribution in [1.29, 1.82) is 0 Å². The summed E-state index contributed by atoms with van der Waals surface area (Å²) in [4.78, 5) is 24.5. The van der Waals surface area contributed by atoms with Crippen LogP contribution in [0.3, 0.4) is 0 Å². The van der Waals surface area contributed by atoms with Crippen molar-refractivity contribution in [3.8, 4) is 0 Å². The second-order valence-corrected chi connectivity index (χ2v) is 5.59. The number of rotatable bonds is 1. The predicted octanol–water partition coefficient (Wildman–Crippen LogP) is 0.232. The lowest BCUT2D eigenvalue weighted by atomic mass is 9.98. The number of likely N-dealkylation sites (tertiary alicyclic amines) is 1. The van der Waals surface area contributed by atoms with Crippen LogP contribution in [0.4, 0.5) is 4.79 Å². The van der Waals surface area contributed by atoms with Gasteiger partial charge in [0.2, 0.25) is 5.91 Å². The quantitative estimate of drug-likeness (QED) is 0.690. The van der Waals surface area contributed by atoms with E-state index in [1.165, 1.54) is 11.8 Å². The molecule has 1 heterocycles. The summed E-state index contributed by atoms with van der Waals surface area (Å²) in [6, 6.07) is 0. The number of carbonyl (C=O) groups excluding carboxylic acids is 2. The first-order valence-electron chi connectivity index (χ1n) is 5.55. The molecule has 2 atom stereocenters. The number of ether oxygens (including phenoxy) is 1. The molecule has 6 nitrogen and oxygen atoms in total. The summed E-state index contributed by atoms with van der Waals surface area (Å²) in [5, 5.41) is 9.57. The Bertz CT molecular complexity index is 337. The molecule has 0 aliphatic carbocycles. The number of carbonyl (C=O) groups is 2. The minimum atomic E-state index is -1.18. The van der Waals surface area contributed by atoms with Crippen molar-refractivity contribution in [2.75, 3.05) is 6.54 Å². The lowest BCUT2D eigenvalue weighted by Gasteiger charge is -2.33. The highest BCUT2D eigenvalue weighted by Crippen LogP contribution is 2.30. The fourth-order valence-corrected chi connectivity index (χ4v) is 1.87. The normalized spacial score (nSPS) is 29.2. The van der Waals surface area contributed by atoms with E-state index >= 15 is 0 Å². The highest BCUT2D eigenvalue weighted by atomic mass is 16.6. The molecule has 1 aliphatic heterocycles. The lowest BCUT2D eigenvalue weighted by Crippen LogP contribution is -2.54. The summed E-state index contributed by atoms with van der Waals surface area (Å²) in [6.07, 6.45) is -1.24. The Kier molecular flexibility index (Phi) is 3.38. The molecule has 98 valence electrons. The van der Waals surface area contributed by atoms with E-state index in [-0.39, 0.29) is 13.0 Å². The average molecular weight is 244 g/mol. The van der Waals surface area contributed by atoms with Gasteiger partial charge in [-0.15, -0.1) is 0 Å². The van der Waals surface area contributed by atoms with Gasteiger partial charge >= 0.3 is 6.09 Å². The molecule has 1 fully saturated rings. The molecular weight excluding hydrogens is 224 g/mol. The lowest BCUT2D eigenvalue weighted by molar-refractivity contribution is -0.127. The molecule has 17 heavy (non-hydrogen) atoms. The van der Waals surface area contributed by atoms with E-state index in [0.717, 1.165) is 0 Å². The van der Waals surface area contributed by atoms with Gasteiger partial charge in [-0.3, -0.25) is 9.69 Å². The maximum atomic E-state index is 11.9. The van der Waals surface area contributed by atoms with Crippen LogP contribution in [0.15, 0.2) is 0 Å². The summed E-state index contributed by atoms with van der Waals surface area (Å²) in [7, 11) is 0. The minimum Gasteiger partial charge on any atom is -0.444 e. The Balaban J connectivity index is 2.88. The molecule has 0 radical (unpaired) electrons. The Morgan fingerprint density at radius 2 is 2.00 bits per heavy atom. The molecule has 1 aliphatic rings. The van der Waals surface area contributed by atoms with Gasteiger partial charge in [0.15, 0.2) is 0 Å². The van der Waals surface area contributed by atoms with Crippen LogP contribution in [-0.4, -0.2) is 45.8 Å². The van der Waals surface area contributed by atoms with Crippen molar-refractivity contribution in [2.45, 2.75) is 51.4 Å². The predicted molar refractivity (Wildman–Crippen MR) is 61.2 cm³/mol. The van der Waals surface area contributed by atoms with Gasteiger partial charge in [-0.1, -0.05) is 0 Å². The molecule has 6 heteroatoms. The van der Waals surface area contributed by atoms with Crippen molar-refractivity contribution in [3.63, 3.8) is 0 Å². The first kappa shape index (κ1) is 13.8. The van der Waals surface area contributed by atoms with Crippen LogP contribution in [-0.2, 0) is 9.53 Å². The molecule has 1 saturated heterocycles. The zero-order valence-electron chi connectivity index (χ0n) is 10.7. The fourth-order valence-electron chi connectivity index (χ4n) is 1.87. The molecule has 1 rings (SSSR count). The number of nitrogens with zero attached hydrogens (tertiary/aromatic N) is 1. The van der Waals surface area contributed by atoms with E-state index in [4.69, 9.17) is 10.5 Å². The first-order chi connectivity index (χ1) is 7.56. The fraction of sp³-hybridized carbons (Fsp3) is 0.818. The Morgan fingerprint density at radius 1 is 1.47 bits per heavy atom. The molecule has 0 aromatic carbocycles. The van der Waals surface area contributed by atoms with Crippen molar-refractivity contribution in [2.24, 2.45) is 5.73 Å². The van der Waals surface area contributed by atoms with Crippen molar-refractivity contribution >= 4 is 12.0 Å². The van der Waals surface area contributed by atoms with Gasteiger partial charge in [0, 0.05) is 6.42 Å². The molecule has 0 aromatic heterocycles. The molecule has 2 amide bonds. The number of hydrogen-bond acceptors (Lipinski definition) is 4. The van der Waals surface area contributed by atoms with Crippen LogP contribution in [0.2, 0.25) is 0 Å². The smallest absolute Gasteiger partial charge is 0.411 e. The number of aliphatic hydroxyl groups is 1. The number of amides is 2. The van der Waals surface area contributed by atoms with Crippen LogP contribution in [0.1, 0.15) is 34.1 Å². The SMILES string of the molecule is CC(C)(C)OC(=O)N1C[C@@H](O)C[C@@]1(C)C(N)=O. The number of β-amino-alcohol motifs (C(OH)–C–C–N with tert-alkyl or cyclic N) is 1. The third-order valence-electron chi connectivity index (χ3n) is 2.77. The van der Waals surface area contributed by atoms with Crippen molar-refractivity contribution < 1.29 is 19.4 Å². The molecule has 0 bridgehead atoms. The number of hydrogen-bond donors (Lipinski definition) is 2. The minimum absolute atomic E-state index is 0.0638. The molecule has 0 unspecified atom stereocenters. The maximum absolute atomic E-state index is 11.9. The van der Waals surface area contributed by atoms with E-state index in [0.29, 0.717) is 0 Å². The maximum Gasteiger partial charge on any atom is 0.411 e. The number of primary amides is 1. The van der Waals surface area contributed by atoms with Gasteiger partial charge in [-0.2, -0.15) is 0 Å². The summed E-state index contributed by atoms with van der Waals surface area (Å²) < 4.78 is 5.18. The van der Waals surface area contributed by atoms with Gasteiger partial charge < -0.3 is 15.6 Å². The van der Waals surface area contributed by atoms with Gasteiger partial charge in [0.05, 0.1) is 12.6 Å². The monoisotopic (exact) mass is 244 g/mol. The van der Waals surface area contributed by atoms with Crippen LogP contribution in [0.5, 0.6) is 0 Å². The zero-order valence-corrected chi connectivity index (χ0v) is 10.7. The Hall–Kier alpha value is -1.30. The summed E-state index contributed by atoms with van der Waals surface area (Å²) >= 11 is 0. The van der Waals surface area contributed by atoms with Crippen LogP contribution in [0, 0.1) is 0 Å². The van der Waals surface area contributed by atoms with Gasteiger partial charge in [0.1, 0.15) is 11.1 Å². The molecule has 0 saturated carbocycles.